The molecule has 1 heterocycles. The third-order valence-electron chi connectivity index (χ3n) is 4.00. The van der Waals surface area contributed by atoms with Crippen LogP contribution >= 0.6 is 0 Å². The third-order valence-corrected chi connectivity index (χ3v) is 4.00. The summed E-state index contributed by atoms with van der Waals surface area (Å²) in [5, 5.41) is 12.5. The second kappa shape index (κ2) is 5.69. The van der Waals surface area contributed by atoms with Crippen LogP contribution in [0.2, 0.25) is 0 Å². The van der Waals surface area contributed by atoms with Crippen LogP contribution in [0.1, 0.15) is 34.8 Å². The van der Waals surface area contributed by atoms with E-state index in [1.165, 1.54) is 12.1 Å². The van der Waals surface area contributed by atoms with Gasteiger partial charge >= 0.3 is 0 Å². The summed E-state index contributed by atoms with van der Waals surface area (Å²) in [5.74, 6) is -0.302. The fourth-order valence-corrected chi connectivity index (χ4v) is 2.74. The largest absolute Gasteiger partial charge is 0.393 e. The second-order valence-corrected chi connectivity index (χ2v) is 5.49. The zero-order valence-corrected chi connectivity index (χ0v) is 11.4. The number of nitrogens with one attached hydrogen (secondary N) is 2. The Morgan fingerprint density at radius 1 is 1.29 bits per heavy atom. The van der Waals surface area contributed by atoms with Gasteiger partial charge in [0.25, 0.3) is 5.91 Å². The fraction of sp³-hybridized carbons (Fsp3) is 0.312. The molecule has 3 N–H and O–H groups in total. The van der Waals surface area contributed by atoms with E-state index in [4.69, 9.17) is 0 Å². The predicted molar refractivity (Wildman–Crippen MR) is 76.1 cm³/mol. The van der Waals surface area contributed by atoms with Gasteiger partial charge in [-0.2, -0.15) is 0 Å². The van der Waals surface area contributed by atoms with Crippen molar-refractivity contribution in [2.75, 3.05) is 0 Å². The highest BCUT2D eigenvalue weighted by molar-refractivity contribution is 5.94. The van der Waals surface area contributed by atoms with Crippen LogP contribution in [0, 0.1) is 11.7 Å². The van der Waals surface area contributed by atoms with Crippen molar-refractivity contribution in [2.45, 2.75) is 25.0 Å². The first kappa shape index (κ1) is 13.8. The minimum absolute atomic E-state index is 0.174. The van der Waals surface area contributed by atoms with E-state index < -0.39 is 0 Å². The predicted octanol–water partition coefficient (Wildman–Crippen LogP) is 2.40. The number of aliphatic hydroxyl groups is 1. The summed E-state index contributed by atoms with van der Waals surface area (Å²) in [6.45, 7) is 0. The van der Waals surface area contributed by atoms with Gasteiger partial charge in [-0.1, -0.05) is 12.1 Å². The highest BCUT2D eigenvalue weighted by Gasteiger charge is 2.35. The van der Waals surface area contributed by atoms with Crippen LogP contribution in [0.3, 0.4) is 0 Å². The average molecular weight is 288 g/mol. The molecule has 0 unspecified atom stereocenters. The molecule has 2 aromatic rings. The molecule has 4 nitrogen and oxygen atoms in total. The number of amides is 1. The van der Waals surface area contributed by atoms with Crippen LogP contribution in [0.4, 0.5) is 4.39 Å². The molecule has 0 aliphatic heterocycles. The Labute approximate surface area is 122 Å². The van der Waals surface area contributed by atoms with E-state index in [9.17, 15) is 14.3 Å². The van der Waals surface area contributed by atoms with Gasteiger partial charge in [-0.3, -0.25) is 4.79 Å². The highest BCUT2D eigenvalue weighted by Crippen LogP contribution is 2.38. The van der Waals surface area contributed by atoms with Gasteiger partial charge in [-0.25, -0.2) is 4.39 Å². The normalized spacial score (nSPS) is 22.4. The van der Waals surface area contributed by atoms with Crippen LogP contribution in [-0.4, -0.2) is 22.1 Å². The molecule has 0 saturated heterocycles. The van der Waals surface area contributed by atoms with E-state index in [0.717, 1.165) is 5.56 Å². The standard InChI is InChI=1S/C16H17FN2O2/c17-13-3-1-10(2-4-13)15(12-7-14(20)8-12)19-16(21)11-5-6-18-9-11/h1-6,9,12,14-15,18,20H,7-8H2,(H,19,21)/t12?,14?,15-/m0/s1. The van der Waals surface area contributed by atoms with Crippen LogP contribution < -0.4 is 5.32 Å². The number of carbonyl (C=O) groups excluding carboxylic acids is 1. The number of hydrogen-bond acceptors (Lipinski definition) is 2. The number of aliphatic hydroxyl groups excluding tert-OH is 1. The Bertz CT molecular complexity index is 604. The first-order chi connectivity index (χ1) is 10.1. The second-order valence-electron chi connectivity index (χ2n) is 5.49. The number of benzene rings is 1. The quantitative estimate of drug-likeness (QED) is 0.809. The van der Waals surface area contributed by atoms with Gasteiger partial charge in [0.05, 0.1) is 17.7 Å². The van der Waals surface area contributed by atoms with Crippen LogP contribution in [0.15, 0.2) is 42.7 Å². The molecule has 1 aliphatic rings. The topological polar surface area (TPSA) is 65.1 Å². The van der Waals surface area contributed by atoms with Crippen molar-refractivity contribution in [2.24, 2.45) is 5.92 Å². The van der Waals surface area contributed by atoms with E-state index in [1.54, 1.807) is 30.6 Å². The molecule has 21 heavy (non-hydrogen) atoms. The zero-order valence-electron chi connectivity index (χ0n) is 11.4. The first-order valence-corrected chi connectivity index (χ1v) is 7.00. The molecular formula is C16H17FN2O2. The molecule has 1 fully saturated rings. The molecule has 0 bridgehead atoms. The summed E-state index contributed by atoms with van der Waals surface area (Å²) in [5.41, 5.74) is 1.42. The Balaban J connectivity index is 1.79. The number of hydrogen-bond donors (Lipinski definition) is 3. The van der Waals surface area contributed by atoms with Crippen molar-refractivity contribution < 1.29 is 14.3 Å². The Morgan fingerprint density at radius 3 is 2.57 bits per heavy atom. The molecule has 110 valence electrons. The van der Waals surface area contributed by atoms with Crippen molar-refractivity contribution in [3.63, 3.8) is 0 Å². The van der Waals surface area contributed by atoms with E-state index >= 15 is 0 Å². The Hall–Kier alpha value is -2.14. The Kier molecular flexibility index (Phi) is 3.75. The average Bonchev–Trinajstić information content (AvgIpc) is 2.97. The van der Waals surface area contributed by atoms with Gasteiger partial charge in [-0.15, -0.1) is 0 Å². The SMILES string of the molecule is O=C(N[C@@H](c1ccc(F)cc1)C1CC(O)C1)c1cc[nH]c1. The number of aromatic amines is 1. The monoisotopic (exact) mass is 288 g/mol. The highest BCUT2D eigenvalue weighted by atomic mass is 19.1. The van der Waals surface area contributed by atoms with Gasteiger partial charge < -0.3 is 15.4 Å². The molecule has 1 saturated carbocycles. The molecule has 1 aromatic carbocycles. The lowest BCUT2D eigenvalue weighted by Gasteiger charge is -2.38. The van der Waals surface area contributed by atoms with Gasteiger partial charge in [0.1, 0.15) is 5.82 Å². The number of halogens is 1. The smallest absolute Gasteiger partial charge is 0.253 e. The molecule has 5 heteroatoms. The maximum atomic E-state index is 13.1. The summed E-state index contributed by atoms with van der Waals surface area (Å²) in [4.78, 5) is 15.1. The molecular weight excluding hydrogens is 271 g/mol. The summed E-state index contributed by atoms with van der Waals surface area (Å²) < 4.78 is 13.1. The molecule has 0 spiro atoms. The molecule has 1 aliphatic carbocycles. The maximum absolute atomic E-state index is 13.1. The molecule has 0 radical (unpaired) electrons. The van der Waals surface area contributed by atoms with Crippen molar-refractivity contribution in [1.82, 2.24) is 10.3 Å². The third kappa shape index (κ3) is 2.97. The van der Waals surface area contributed by atoms with Crippen molar-refractivity contribution in [1.29, 1.82) is 0 Å². The fourth-order valence-electron chi connectivity index (χ4n) is 2.74. The number of H-pyrrole nitrogens is 1. The van der Waals surface area contributed by atoms with Crippen LogP contribution in [-0.2, 0) is 0 Å². The van der Waals surface area contributed by atoms with Gasteiger partial charge in [0.2, 0.25) is 0 Å². The minimum Gasteiger partial charge on any atom is -0.393 e. The summed E-state index contributed by atoms with van der Waals surface area (Å²) in [6.07, 6.45) is 4.31. The Morgan fingerprint density at radius 2 is 2.00 bits per heavy atom. The molecule has 1 amide bonds. The number of carbonyl (C=O) groups is 1. The lowest BCUT2D eigenvalue weighted by atomic mass is 9.75. The van der Waals surface area contributed by atoms with Crippen molar-refractivity contribution in [3.8, 4) is 0 Å². The van der Waals surface area contributed by atoms with Crippen molar-refractivity contribution >= 4 is 5.91 Å². The van der Waals surface area contributed by atoms with E-state index in [0.29, 0.717) is 18.4 Å². The van der Waals surface area contributed by atoms with Crippen molar-refractivity contribution in [3.05, 3.63) is 59.7 Å². The number of rotatable bonds is 4. The van der Waals surface area contributed by atoms with Crippen LogP contribution in [0.25, 0.3) is 0 Å². The molecule has 1 atom stereocenters. The van der Waals surface area contributed by atoms with Crippen LogP contribution in [0.5, 0.6) is 0 Å². The number of aromatic nitrogens is 1. The summed E-state index contributed by atoms with van der Waals surface area (Å²) in [6, 6.07) is 7.63. The van der Waals surface area contributed by atoms with Gasteiger partial charge in [0.15, 0.2) is 0 Å². The molecule has 1 aromatic heterocycles. The van der Waals surface area contributed by atoms with Gasteiger partial charge in [-0.05, 0) is 42.5 Å². The first-order valence-electron chi connectivity index (χ1n) is 7.00. The zero-order chi connectivity index (χ0) is 14.8. The maximum Gasteiger partial charge on any atom is 0.253 e. The van der Waals surface area contributed by atoms with Gasteiger partial charge in [0, 0.05) is 12.4 Å². The summed E-state index contributed by atoms with van der Waals surface area (Å²) >= 11 is 0. The van der Waals surface area contributed by atoms with E-state index in [2.05, 4.69) is 10.3 Å². The molecule has 3 rings (SSSR count). The summed E-state index contributed by atoms with van der Waals surface area (Å²) in [7, 11) is 0. The lowest BCUT2D eigenvalue weighted by molar-refractivity contribution is 0.0235. The lowest BCUT2D eigenvalue weighted by Crippen LogP contribution is -2.41. The van der Waals surface area contributed by atoms with E-state index in [-0.39, 0.29) is 29.8 Å². The van der Waals surface area contributed by atoms with E-state index in [1.807, 2.05) is 0 Å². The minimum atomic E-state index is -0.304.